The van der Waals surface area contributed by atoms with Gasteiger partial charge >= 0.3 is 29.8 Å². The van der Waals surface area contributed by atoms with Crippen molar-refractivity contribution in [3.63, 3.8) is 0 Å². The Hall–Kier alpha value is -16.3. The SMILES string of the molecule is COC(=O)c1cc(Cl)ncc1N.COC(=O)c1cc(Cl)ncc1N1CCCC1.COC1CCC(OC)O1.Cc1cc(=O)[nH]c2ccc(NC(=O)c3cc(C(N)=O)ncc3N3CCCC3)cc12.NC(=O)c1cc(C(=O)O)c(N2CCCC2)cn1.[C-]#[N+]c1cc(C(=O)Nc2ccc3[nH]c(=O)cc(C)c3c2)c(N2CCCC2)cn1.[C-]#[N+]c1cc(C(=O)O)c(N2CCCC2)cn1.[C-]#[N+]c1cc(C(=O)OC)c(N2CCCC2)cn1. The number of benzene rings is 2. The lowest BCUT2D eigenvalue weighted by Crippen LogP contribution is -2.24. The van der Waals surface area contributed by atoms with Gasteiger partial charge in [0.1, 0.15) is 40.3 Å². The molecule has 2 atom stereocenters. The number of anilines is 9. The number of aromatic nitrogens is 9. The number of methoxy groups -OCH3 is 5. The lowest BCUT2D eigenvalue weighted by molar-refractivity contribution is -0.185. The number of hydrogen-bond acceptors (Lipinski definition) is 31. The highest BCUT2D eigenvalue weighted by molar-refractivity contribution is 6.30. The Morgan fingerprint density at radius 3 is 1.01 bits per heavy atom. The number of nitrogens with two attached hydrogens (primary N) is 3. The van der Waals surface area contributed by atoms with Crippen LogP contribution in [0.4, 0.5) is 68.6 Å². The Kier molecular flexibility index (Phi) is 39.2. The average Bonchev–Trinajstić information content (AvgIpc) is 1.23. The number of nitrogen functional groups attached to an aromatic ring is 1. The summed E-state index contributed by atoms with van der Waals surface area (Å²) in [5.74, 6) is -4.88. The quantitative estimate of drug-likeness (QED) is 0.0157. The summed E-state index contributed by atoms with van der Waals surface area (Å²) in [6.07, 6.45) is 25.4. The summed E-state index contributed by atoms with van der Waals surface area (Å²) < 4.78 is 29.0. The number of rotatable bonds is 19. The third-order valence-corrected chi connectivity index (χ3v) is 24.3. The fraction of sp³-hybridized carbons (Fsp3) is 0.350. The van der Waals surface area contributed by atoms with Crippen molar-refractivity contribution in [1.29, 1.82) is 0 Å². The maximum Gasteiger partial charge on any atom is 0.340 e. The number of amides is 4. The zero-order valence-electron chi connectivity index (χ0n) is 80.2. The van der Waals surface area contributed by atoms with Crippen molar-refractivity contribution in [2.45, 2.75) is 116 Å². The van der Waals surface area contributed by atoms with Crippen LogP contribution in [0.1, 0.15) is 195 Å². The van der Waals surface area contributed by atoms with Crippen LogP contribution in [0.3, 0.4) is 0 Å². The number of hydrogen-bond donors (Lipinski definition) is 9. The minimum atomic E-state index is -1.07. The van der Waals surface area contributed by atoms with Gasteiger partial charge in [-0.2, -0.15) is 0 Å². The maximum atomic E-state index is 13.1. The van der Waals surface area contributed by atoms with E-state index >= 15 is 0 Å². The van der Waals surface area contributed by atoms with Crippen LogP contribution in [-0.2, 0) is 28.4 Å². The fourth-order valence-corrected chi connectivity index (χ4v) is 17.0. The molecule has 0 aliphatic carbocycles. The van der Waals surface area contributed by atoms with Crippen molar-refractivity contribution in [2.75, 3.05) is 160 Å². The minimum absolute atomic E-state index is 0.0228. The number of aromatic carboxylic acids is 2. The molecular formula is C100H109Cl2N23O19. The van der Waals surface area contributed by atoms with Gasteiger partial charge in [-0.1, -0.05) is 42.9 Å². The summed E-state index contributed by atoms with van der Waals surface area (Å²) in [4.78, 5) is 184. The van der Waals surface area contributed by atoms with E-state index in [9.17, 15) is 52.7 Å². The molecule has 44 heteroatoms. The van der Waals surface area contributed by atoms with Crippen molar-refractivity contribution in [2.24, 2.45) is 11.5 Å². The first kappa shape index (κ1) is 108. The molecule has 11 aromatic rings. The number of carboxylic acid groups (broad SMARTS) is 2. The molecule has 7 saturated heterocycles. The standard InChI is InChI=1S/C21H21N5O3.C21H19N5O2.C12H13N3O2.C11H13ClN2O2.C11H13N3O3.C11H11N3O2.C7H7ClN2O2.C6H12O3/c1-12-8-19(27)25-16-5-4-13(9-14(12)16)24-21(29)15-10-17(20(22)28)23-11-18(15)26-6-2-3-7-26;1-13-9-20(27)25-17-6-5-14(10-15(13)17)24-21(28)16-11-19(22-2)23-12-18(16)26-7-3-4-8-26;1-13-11-7-9(12(16)17-2)10(8-14-11)15-5-3-4-6-15;1-16-11(15)8-6-10(12)13-7-9(8)14-4-2-3-5-14;12-10(15)8-5-7(11(16)17)9(6-13-8)14-3-1-2-4-14;1-12-10-6-8(11(15)16)9(7-13-10)14-4-2-3-5-14;1-12-7(11)4-2-6(8)10-3-5(4)9;1-7-5-3-4-6(8-2)9-5/h4-5,8-11H,2-3,6-7H2,1H3,(H2,22,28)(H,24,29)(H,25,27);5-6,9-12H,3-4,7-8H2,1H3,(H,24,28)(H,25,27);7-8H,3-6H2,2H3;6-7H,2-5H2,1H3;5-6H,1-4H2,(H2,12,15)(H,16,17);6-7H,2-5H2,(H,15,16);2-3H,9H2,1H3;5-6H,3-4H2,1-2H3. The molecule has 7 fully saturated rings. The molecule has 7 aliphatic rings. The van der Waals surface area contributed by atoms with Crippen LogP contribution in [0.15, 0.2) is 144 Å². The topological polar surface area (TPSA) is 540 Å². The fourth-order valence-electron chi connectivity index (χ4n) is 16.6. The third kappa shape index (κ3) is 29.0. The number of nitrogens with zero attached hydrogens (tertiary/aromatic N) is 16. The first-order chi connectivity index (χ1) is 69.3. The van der Waals surface area contributed by atoms with Crippen molar-refractivity contribution < 1.29 is 81.8 Å². The number of carbonyl (C=O) groups excluding carboxylic acids is 7. The Morgan fingerprint density at radius 2 is 0.681 bits per heavy atom. The molecule has 2 unspecified atom stereocenters. The summed E-state index contributed by atoms with van der Waals surface area (Å²) in [6.45, 7) is 35.2. The van der Waals surface area contributed by atoms with Crippen molar-refractivity contribution in [3.05, 3.63) is 261 Å². The molecule has 0 bridgehead atoms. The summed E-state index contributed by atoms with van der Waals surface area (Å²) in [5, 5.41) is 26.3. The zero-order valence-corrected chi connectivity index (χ0v) is 81.7. The highest BCUT2D eigenvalue weighted by atomic mass is 35.5. The number of pyridine rings is 9. The van der Waals surface area contributed by atoms with Gasteiger partial charge in [0.15, 0.2) is 12.6 Å². The number of H-pyrrole nitrogens is 2. The van der Waals surface area contributed by atoms with Gasteiger partial charge in [-0.25, -0.2) is 43.9 Å². The average molecular weight is 2010 g/mol. The molecule has 12 N–H and O–H groups in total. The van der Waals surface area contributed by atoms with E-state index in [4.69, 9.17) is 94.0 Å². The van der Waals surface area contributed by atoms with Gasteiger partial charge in [0.2, 0.25) is 11.1 Å². The second-order valence-corrected chi connectivity index (χ2v) is 34.2. The van der Waals surface area contributed by atoms with Gasteiger partial charge in [0, 0.05) is 151 Å². The molecule has 4 amide bonds. The number of primary amides is 2. The van der Waals surface area contributed by atoms with Gasteiger partial charge in [-0.05, 0) is 181 Å². The Bertz CT molecular complexity index is 6780. The molecule has 0 spiro atoms. The van der Waals surface area contributed by atoms with Gasteiger partial charge in [-0.15, -0.1) is 15.0 Å². The van der Waals surface area contributed by atoms with E-state index in [1.54, 1.807) is 69.2 Å². The van der Waals surface area contributed by atoms with E-state index in [2.05, 4.69) is 94.4 Å². The number of fused-ring (bicyclic) bond motifs is 2. The molecule has 18 rings (SSSR count). The van der Waals surface area contributed by atoms with E-state index < -0.39 is 35.7 Å². The lowest BCUT2D eigenvalue weighted by atomic mass is 10.1. The number of halogens is 2. The second-order valence-electron chi connectivity index (χ2n) is 33.4. The summed E-state index contributed by atoms with van der Waals surface area (Å²) in [5.41, 5.74) is 26.5. The van der Waals surface area contributed by atoms with Gasteiger partial charge in [-0.3, -0.25) is 28.8 Å². The molecule has 144 heavy (non-hydrogen) atoms. The molecule has 752 valence electrons. The predicted molar refractivity (Wildman–Crippen MR) is 543 cm³/mol. The number of carboxylic acids is 2. The molecule has 2 aromatic carbocycles. The van der Waals surface area contributed by atoms with Crippen LogP contribution in [0, 0.1) is 33.6 Å². The number of carbonyl (C=O) groups is 9. The van der Waals surface area contributed by atoms with Crippen molar-refractivity contribution in [3.8, 4) is 0 Å². The minimum Gasteiger partial charge on any atom is -0.478 e. The molecule has 7 aliphatic heterocycles. The number of aromatic amines is 2. The Balaban J connectivity index is 0.000000161. The molecule has 9 aromatic heterocycles. The summed E-state index contributed by atoms with van der Waals surface area (Å²) >= 11 is 11.3. The molecule has 16 heterocycles. The van der Waals surface area contributed by atoms with Crippen LogP contribution in [0.5, 0.6) is 0 Å². The number of esters is 3. The first-order valence-electron chi connectivity index (χ1n) is 45.9. The monoisotopic (exact) mass is 2010 g/mol. The highest BCUT2D eigenvalue weighted by Crippen LogP contribution is 2.35. The zero-order chi connectivity index (χ0) is 104. The predicted octanol–water partition coefficient (Wildman–Crippen LogP) is 14.2. The van der Waals surface area contributed by atoms with Gasteiger partial charge < -0.3 is 120 Å². The summed E-state index contributed by atoms with van der Waals surface area (Å²) in [6, 6.07) is 23.7. The van der Waals surface area contributed by atoms with E-state index in [1.807, 2.05) is 35.8 Å². The molecule has 0 saturated carbocycles. The Morgan fingerprint density at radius 1 is 0.396 bits per heavy atom. The number of nitrogens with one attached hydrogen (secondary N) is 4. The normalized spacial score (nSPS) is 15.2. The van der Waals surface area contributed by atoms with Crippen LogP contribution in [0.2, 0.25) is 10.3 Å². The van der Waals surface area contributed by atoms with Gasteiger partial charge in [0.25, 0.3) is 41.1 Å². The third-order valence-electron chi connectivity index (χ3n) is 23.9. The molecular weight excluding hydrogens is 1900 g/mol. The molecule has 0 radical (unpaired) electrons. The van der Waals surface area contributed by atoms with Crippen LogP contribution in [-0.4, -0.2) is 235 Å². The van der Waals surface area contributed by atoms with E-state index in [-0.39, 0.29) is 97.9 Å². The Labute approximate surface area is 838 Å². The van der Waals surface area contributed by atoms with E-state index in [0.717, 1.165) is 213 Å². The van der Waals surface area contributed by atoms with E-state index in [0.29, 0.717) is 61.4 Å². The van der Waals surface area contributed by atoms with Crippen LogP contribution >= 0.6 is 23.2 Å². The largest absolute Gasteiger partial charge is 0.478 e. The first-order valence-corrected chi connectivity index (χ1v) is 46.6. The lowest BCUT2D eigenvalue weighted by Gasteiger charge is -2.21. The maximum absolute atomic E-state index is 13.1. The number of ether oxygens (including phenoxy) is 6. The van der Waals surface area contributed by atoms with Crippen molar-refractivity contribution in [1.82, 2.24) is 44.9 Å². The van der Waals surface area contributed by atoms with Crippen molar-refractivity contribution >= 4 is 167 Å². The highest BCUT2D eigenvalue weighted by Gasteiger charge is 2.31. The second kappa shape index (κ2) is 52.3. The summed E-state index contributed by atoms with van der Waals surface area (Å²) in [7, 11) is 7.26. The smallest absolute Gasteiger partial charge is 0.340 e. The van der Waals surface area contributed by atoms with Crippen LogP contribution in [0.25, 0.3) is 36.3 Å². The molecule has 42 nitrogen and oxygen atoms in total. The van der Waals surface area contributed by atoms with E-state index in [1.165, 1.54) is 88.6 Å². The van der Waals surface area contributed by atoms with Gasteiger partial charge in [0.05, 0.1) is 125 Å². The number of aryl methyl sites for hydroxylation is 2. The van der Waals surface area contributed by atoms with Crippen LogP contribution < -0.4 is 68.4 Å².